The minimum absolute atomic E-state index is 0. The first-order valence-corrected chi connectivity index (χ1v) is 28.9. The van der Waals surface area contributed by atoms with Gasteiger partial charge in [0.1, 0.15) is 11.5 Å². The normalized spacial score (nSPS) is 26.9. The van der Waals surface area contributed by atoms with E-state index in [9.17, 15) is 0 Å². The van der Waals surface area contributed by atoms with Crippen molar-refractivity contribution in [2.24, 2.45) is 69.2 Å². The number of rotatable bonds is 4. The molecule has 0 amide bonds. The number of hydrogen-bond donors (Lipinski definition) is 0. The molecule has 4 aliphatic rings. The fourth-order valence-electron chi connectivity index (χ4n) is 9.86. The minimum atomic E-state index is 0. The summed E-state index contributed by atoms with van der Waals surface area (Å²) in [5.74, 6) is 11.1. The van der Waals surface area contributed by atoms with Crippen LogP contribution in [0.4, 0.5) is 11.4 Å². The Bertz CT molecular complexity index is 1880. The van der Waals surface area contributed by atoms with E-state index in [1.54, 1.807) is 14.2 Å². The molecule has 4 nitrogen and oxygen atoms in total. The zero-order valence-corrected chi connectivity index (χ0v) is 48.5. The Labute approximate surface area is 427 Å². The summed E-state index contributed by atoms with van der Waals surface area (Å²) in [5.41, 5.74) is 10.6. The fourth-order valence-corrected chi connectivity index (χ4v) is 9.86. The molecule has 0 N–H and O–H groups in total. The maximum absolute atomic E-state index is 5.17. The SMILES string of the molecule is CC1C(C)C(C)C(C)C1C.CC1C(C)C(C)C(C)C1C.COc1ccc(N=C2CCCc3cc(C)c[c-]c32)cc1.COc1ccc(N=C2CCCc3ccc[c-]c32)cc1.[CH3-].[CH3-].[Cl][Ir+2].[Cl][Ir+2]. The van der Waals surface area contributed by atoms with Crippen LogP contribution in [-0.4, -0.2) is 25.6 Å². The van der Waals surface area contributed by atoms with E-state index < -0.39 is 0 Å². The molecule has 0 bridgehead atoms. The Balaban J connectivity index is 0.000000436. The molecule has 362 valence electrons. The molecule has 2 saturated carbocycles. The second-order valence-electron chi connectivity index (χ2n) is 18.5. The van der Waals surface area contributed by atoms with E-state index in [1.165, 1.54) is 76.4 Å². The van der Waals surface area contributed by atoms with Crippen LogP contribution in [0.3, 0.4) is 0 Å². The predicted molar refractivity (Wildman–Crippen MR) is 276 cm³/mol. The van der Waals surface area contributed by atoms with Gasteiger partial charge in [0.25, 0.3) is 0 Å². The molecule has 4 aliphatic carbocycles. The zero-order chi connectivity index (χ0) is 46.8. The van der Waals surface area contributed by atoms with Gasteiger partial charge in [-0.1, -0.05) is 102 Å². The molecule has 8 rings (SSSR count). The number of hydrogen-bond acceptors (Lipinski definition) is 4. The monoisotopic (exact) mass is 1280 g/mol. The number of aryl methyl sites for hydroxylation is 3. The van der Waals surface area contributed by atoms with Crippen molar-refractivity contribution in [3.63, 3.8) is 0 Å². The summed E-state index contributed by atoms with van der Waals surface area (Å²) in [5, 5.41) is 0. The molecule has 0 spiro atoms. The molecule has 2 fully saturated rings. The van der Waals surface area contributed by atoms with Crippen LogP contribution in [0.2, 0.25) is 0 Å². The molecule has 0 heterocycles. The van der Waals surface area contributed by atoms with Gasteiger partial charge in [-0.3, -0.25) is 0 Å². The third kappa shape index (κ3) is 17.0. The Morgan fingerprint density at radius 2 is 0.831 bits per heavy atom. The summed E-state index contributed by atoms with van der Waals surface area (Å²) >= 11 is 2.94. The quantitative estimate of drug-likeness (QED) is 0.191. The molecule has 4 aromatic carbocycles. The van der Waals surface area contributed by atoms with E-state index in [0.29, 0.717) is 0 Å². The van der Waals surface area contributed by atoms with Crippen molar-refractivity contribution in [2.75, 3.05) is 14.2 Å². The van der Waals surface area contributed by atoms with Gasteiger partial charge in [-0.05, 0) is 132 Å². The van der Waals surface area contributed by atoms with Gasteiger partial charge in [0, 0.05) is 0 Å². The van der Waals surface area contributed by atoms with Crippen molar-refractivity contribution < 1.29 is 45.3 Å². The third-order valence-corrected chi connectivity index (χ3v) is 15.4. The van der Waals surface area contributed by atoms with Gasteiger partial charge in [-0.15, -0.1) is 70.3 Å². The Kier molecular flexibility index (Phi) is 28.9. The zero-order valence-electron chi connectivity index (χ0n) is 42.2. The predicted octanol–water partition coefficient (Wildman–Crippen LogP) is 16.8. The van der Waals surface area contributed by atoms with E-state index in [1.807, 2.05) is 60.7 Å². The van der Waals surface area contributed by atoms with Crippen LogP contribution in [0.15, 0.2) is 88.8 Å². The van der Waals surface area contributed by atoms with Gasteiger partial charge in [0.15, 0.2) is 0 Å². The number of ether oxygens (including phenoxy) is 2. The molecule has 0 radical (unpaired) electrons. The summed E-state index contributed by atoms with van der Waals surface area (Å²) in [4.78, 5) is 9.56. The number of methoxy groups -OCH3 is 2. The average molecular weight is 1280 g/mol. The van der Waals surface area contributed by atoms with Gasteiger partial charge >= 0.3 is 54.9 Å². The Morgan fingerprint density at radius 1 is 0.492 bits per heavy atom. The van der Waals surface area contributed by atoms with Gasteiger partial charge in [0.2, 0.25) is 0 Å². The van der Waals surface area contributed by atoms with Crippen LogP contribution < -0.4 is 9.47 Å². The molecule has 0 atom stereocenters. The molecule has 0 saturated heterocycles. The Hall–Kier alpha value is -2.30. The van der Waals surface area contributed by atoms with Crippen molar-refractivity contribution >= 4 is 42.0 Å². The summed E-state index contributed by atoms with van der Waals surface area (Å²) in [7, 11) is 12.6. The van der Waals surface area contributed by atoms with E-state index >= 15 is 0 Å². The second kappa shape index (κ2) is 31.0. The second-order valence-corrected chi connectivity index (χ2v) is 18.5. The topological polar surface area (TPSA) is 43.2 Å². The van der Waals surface area contributed by atoms with E-state index in [2.05, 4.69) is 126 Å². The summed E-state index contributed by atoms with van der Waals surface area (Å²) < 4.78 is 10.3. The first-order valence-electron chi connectivity index (χ1n) is 22.9. The molecule has 0 aliphatic heterocycles. The fraction of sp³-hybridized carbons (Fsp3) is 0.509. The van der Waals surface area contributed by atoms with E-state index in [4.69, 9.17) is 19.5 Å². The van der Waals surface area contributed by atoms with E-state index in [-0.39, 0.29) is 14.9 Å². The van der Waals surface area contributed by atoms with E-state index in [0.717, 1.165) is 119 Å². The van der Waals surface area contributed by atoms with Gasteiger partial charge < -0.3 is 34.3 Å². The van der Waals surface area contributed by atoms with Crippen LogP contribution in [0, 0.1) is 93.1 Å². The number of halogens is 2. The summed E-state index contributed by atoms with van der Waals surface area (Å²) in [6, 6.07) is 33.0. The summed E-state index contributed by atoms with van der Waals surface area (Å²) in [6.07, 6.45) is 6.65. The number of fused-ring (bicyclic) bond motifs is 2. The molecule has 0 aromatic heterocycles. The van der Waals surface area contributed by atoms with Crippen molar-refractivity contribution in [1.82, 2.24) is 0 Å². The molecule has 8 heteroatoms. The number of nitrogens with zero attached hydrogens (tertiary/aromatic N) is 2. The van der Waals surface area contributed by atoms with Crippen LogP contribution >= 0.6 is 19.2 Å². The average Bonchev–Trinajstić information content (AvgIpc) is 3.60. The van der Waals surface area contributed by atoms with Gasteiger partial charge in [0.05, 0.1) is 25.6 Å². The van der Waals surface area contributed by atoms with Crippen LogP contribution in [0.5, 0.6) is 11.5 Å². The van der Waals surface area contributed by atoms with Crippen molar-refractivity contribution in [1.29, 1.82) is 0 Å². The number of benzene rings is 4. The third-order valence-electron chi connectivity index (χ3n) is 15.4. The molecule has 65 heavy (non-hydrogen) atoms. The van der Waals surface area contributed by atoms with Gasteiger partial charge in [-0.25, -0.2) is 0 Å². The first-order chi connectivity index (χ1) is 30.2. The van der Waals surface area contributed by atoms with Crippen molar-refractivity contribution in [3.8, 4) is 11.5 Å². The summed E-state index contributed by atoms with van der Waals surface area (Å²) in [6.45, 7) is 26.1. The molecular weight excluding hydrogens is 1200 g/mol. The molecular formula is C57H80Cl2Ir2N2O2. The Morgan fingerprint density at radius 3 is 1.18 bits per heavy atom. The molecule has 0 unspecified atom stereocenters. The van der Waals surface area contributed by atoms with Crippen LogP contribution in [0.1, 0.15) is 123 Å². The molecule has 4 aromatic rings. The van der Waals surface area contributed by atoms with Crippen molar-refractivity contribution in [3.05, 3.63) is 134 Å². The van der Waals surface area contributed by atoms with Crippen LogP contribution in [0.25, 0.3) is 0 Å². The first kappa shape index (κ1) is 60.7. The van der Waals surface area contributed by atoms with Gasteiger partial charge in [-0.2, -0.15) is 0 Å². The maximum atomic E-state index is 5.17. The number of aliphatic imine (C=N–C) groups is 2. The van der Waals surface area contributed by atoms with Crippen LogP contribution in [-0.2, 0) is 48.6 Å². The van der Waals surface area contributed by atoms with Crippen molar-refractivity contribution in [2.45, 2.75) is 115 Å². The standard InChI is InChI=1S/C18H18NO.C17H16NO.2C10H20.2CH3.2ClH.2Ir/c1-13-6-11-17-14(12-13)4-3-5-18(17)19-15-7-9-16(20-2)10-8-15;1-19-15-11-9-14(10-12-15)18-17-8-4-6-13-5-2-3-7-16(13)17;2*1-6-7(2)9(4)10(5)8(6)3;;;;;;/h6-10,12H,3-5H2,1-2H3;2-3,5,9-12H,4,6,8H2,1H3;2*6-10H,1-5H3;2*1H3;2*1H;;/q2*-1;;;2*-1;;;2*+3/p-2.